The minimum atomic E-state index is 0.297. The molecule has 20 heavy (non-hydrogen) atoms. The first-order valence-corrected chi connectivity index (χ1v) is 7.99. The first-order valence-electron chi connectivity index (χ1n) is 7.99. The molecule has 0 saturated heterocycles. The van der Waals surface area contributed by atoms with Crippen LogP contribution in [-0.4, -0.2) is 0 Å². The van der Waals surface area contributed by atoms with E-state index in [1.54, 1.807) is 0 Å². The summed E-state index contributed by atoms with van der Waals surface area (Å²) in [7, 11) is 0. The Morgan fingerprint density at radius 2 is 2.10 bits per heavy atom. The lowest BCUT2D eigenvalue weighted by Gasteiger charge is -2.26. The SMILES string of the molecule is NNC(CC1CC2CCC1C2)c1ccc2c(c1)COC2. The highest BCUT2D eigenvalue weighted by Gasteiger charge is 2.40. The van der Waals surface area contributed by atoms with Crippen molar-refractivity contribution in [3.05, 3.63) is 34.9 Å². The average Bonchev–Trinajstić information content (AvgIpc) is 3.19. The van der Waals surface area contributed by atoms with Gasteiger partial charge in [0.2, 0.25) is 0 Å². The number of rotatable bonds is 4. The maximum absolute atomic E-state index is 5.84. The quantitative estimate of drug-likeness (QED) is 0.654. The van der Waals surface area contributed by atoms with Gasteiger partial charge < -0.3 is 4.74 Å². The summed E-state index contributed by atoms with van der Waals surface area (Å²) in [5, 5.41) is 0. The summed E-state index contributed by atoms with van der Waals surface area (Å²) in [4.78, 5) is 0. The van der Waals surface area contributed by atoms with Gasteiger partial charge in [-0.1, -0.05) is 24.6 Å². The number of fused-ring (bicyclic) bond motifs is 3. The number of hydrogen-bond donors (Lipinski definition) is 2. The van der Waals surface area contributed by atoms with Crippen LogP contribution in [0.2, 0.25) is 0 Å². The second kappa shape index (κ2) is 5.14. The molecule has 3 heteroatoms. The van der Waals surface area contributed by atoms with Gasteiger partial charge >= 0.3 is 0 Å². The van der Waals surface area contributed by atoms with Gasteiger partial charge in [-0.05, 0) is 60.1 Å². The Hall–Kier alpha value is -0.900. The molecule has 3 aliphatic rings. The van der Waals surface area contributed by atoms with Gasteiger partial charge in [0.25, 0.3) is 0 Å². The summed E-state index contributed by atoms with van der Waals surface area (Å²) in [6.07, 6.45) is 7.01. The fraction of sp³-hybridized carbons (Fsp3) is 0.647. The summed E-state index contributed by atoms with van der Waals surface area (Å²) in [6, 6.07) is 7.03. The summed E-state index contributed by atoms with van der Waals surface area (Å²) in [6.45, 7) is 1.53. The molecule has 2 bridgehead atoms. The van der Waals surface area contributed by atoms with Gasteiger partial charge in [0.1, 0.15) is 0 Å². The van der Waals surface area contributed by atoms with E-state index in [9.17, 15) is 0 Å². The molecule has 3 N–H and O–H groups in total. The Bertz CT molecular complexity index is 502. The molecule has 2 aliphatic carbocycles. The zero-order chi connectivity index (χ0) is 13.5. The zero-order valence-electron chi connectivity index (χ0n) is 12.0. The van der Waals surface area contributed by atoms with Crippen molar-refractivity contribution in [2.75, 3.05) is 0 Å². The Morgan fingerprint density at radius 1 is 1.20 bits per heavy atom. The topological polar surface area (TPSA) is 47.3 Å². The van der Waals surface area contributed by atoms with Gasteiger partial charge in [-0.2, -0.15) is 0 Å². The number of nitrogens with one attached hydrogen (secondary N) is 1. The highest BCUT2D eigenvalue weighted by Crippen LogP contribution is 2.50. The van der Waals surface area contributed by atoms with E-state index in [0.29, 0.717) is 6.04 Å². The zero-order valence-corrected chi connectivity index (χ0v) is 12.0. The van der Waals surface area contributed by atoms with E-state index in [4.69, 9.17) is 10.6 Å². The molecule has 4 atom stereocenters. The van der Waals surface area contributed by atoms with Gasteiger partial charge in [0.05, 0.1) is 13.2 Å². The third kappa shape index (κ3) is 2.18. The number of hydrazine groups is 1. The summed E-state index contributed by atoms with van der Waals surface area (Å²) >= 11 is 0. The van der Waals surface area contributed by atoms with Crippen LogP contribution in [0.3, 0.4) is 0 Å². The number of ether oxygens (including phenoxy) is 1. The van der Waals surface area contributed by atoms with Crippen LogP contribution < -0.4 is 11.3 Å². The molecular formula is C17H24N2O. The first kappa shape index (κ1) is 12.8. The Morgan fingerprint density at radius 3 is 2.85 bits per heavy atom. The minimum Gasteiger partial charge on any atom is -0.372 e. The van der Waals surface area contributed by atoms with Crippen molar-refractivity contribution >= 4 is 0 Å². The molecule has 4 unspecified atom stereocenters. The monoisotopic (exact) mass is 272 g/mol. The molecule has 0 spiro atoms. The van der Waals surface area contributed by atoms with Crippen molar-refractivity contribution in [1.29, 1.82) is 0 Å². The third-order valence-corrected chi connectivity index (χ3v) is 5.77. The van der Waals surface area contributed by atoms with Crippen LogP contribution >= 0.6 is 0 Å². The second-order valence-electron chi connectivity index (χ2n) is 6.91. The van der Waals surface area contributed by atoms with Crippen LogP contribution in [0.15, 0.2) is 18.2 Å². The van der Waals surface area contributed by atoms with Gasteiger partial charge in [-0.3, -0.25) is 11.3 Å². The van der Waals surface area contributed by atoms with Crippen LogP contribution in [-0.2, 0) is 18.0 Å². The summed E-state index contributed by atoms with van der Waals surface area (Å²) in [5.41, 5.74) is 7.07. The Balaban J connectivity index is 1.50. The van der Waals surface area contributed by atoms with E-state index >= 15 is 0 Å². The standard InChI is InChI=1S/C17H24N2O/c18-19-17(8-15-6-11-1-2-12(15)5-11)13-3-4-14-9-20-10-16(14)7-13/h3-4,7,11-12,15,17,19H,1-2,5-6,8-10,18H2. The second-order valence-corrected chi connectivity index (χ2v) is 6.91. The largest absolute Gasteiger partial charge is 0.372 e. The lowest BCUT2D eigenvalue weighted by Crippen LogP contribution is -2.30. The fourth-order valence-corrected chi connectivity index (χ4v) is 4.68. The van der Waals surface area contributed by atoms with Gasteiger partial charge in [0, 0.05) is 6.04 Å². The number of nitrogens with two attached hydrogens (primary N) is 1. The van der Waals surface area contributed by atoms with E-state index in [1.165, 1.54) is 48.8 Å². The molecule has 0 aromatic heterocycles. The van der Waals surface area contributed by atoms with Crippen LogP contribution in [0.25, 0.3) is 0 Å². The Kier molecular flexibility index (Phi) is 3.29. The smallest absolute Gasteiger partial charge is 0.0725 e. The van der Waals surface area contributed by atoms with E-state index in [0.717, 1.165) is 31.0 Å². The van der Waals surface area contributed by atoms with Crippen LogP contribution in [0.1, 0.15) is 54.8 Å². The van der Waals surface area contributed by atoms with Crippen LogP contribution in [0, 0.1) is 17.8 Å². The highest BCUT2D eigenvalue weighted by atomic mass is 16.5. The van der Waals surface area contributed by atoms with E-state index in [1.807, 2.05) is 0 Å². The molecular weight excluding hydrogens is 248 g/mol. The molecule has 1 aromatic carbocycles. The maximum atomic E-state index is 5.84. The normalized spacial score (nSPS) is 32.5. The minimum absolute atomic E-state index is 0.297. The first-order chi connectivity index (χ1) is 9.83. The fourth-order valence-electron chi connectivity index (χ4n) is 4.68. The molecule has 0 radical (unpaired) electrons. The molecule has 0 amide bonds. The van der Waals surface area contributed by atoms with Crippen molar-refractivity contribution < 1.29 is 4.74 Å². The van der Waals surface area contributed by atoms with Gasteiger partial charge in [-0.25, -0.2) is 0 Å². The summed E-state index contributed by atoms with van der Waals surface area (Å²) < 4.78 is 5.51. The molecule has 108 valence electrons. The maximum Gasteiger partial charge on any atom is 0.0725 e. The number of benzene rings is 1. The van der Waals surface area contributed by atoms with Crippen molar-refractivity contribution in [2.24, 2.45) is 23.6 Å². The predicted octanol–water partition coefficient (Wildman–Crippen LogP) is 3.05. The van der Waals surface area contributed by atoms with Crippen molar-refractivity contribution in [1.82, 2.24) is 5.43 Å². The van der Waals surface area contributed by atoms with Crippen molar-refractivity contribution in [3.63, 3.8) is 0 Å². The highest BCUT2D eigenvalue weighted by molar-refractivity contribution is 5.34. The van der Waals surface area contributed by atoms with Crippen LogP contribution in [0.4, 0.5) is 0 Å². The molecule has 3 nitrogen and oxygen atoms in total. The lowest BCUT2D eigenvalue weighted by atomic mass is 9.82. The molecule has 1 aromatic rings. The number of hydrogen-bond acceptors (Lipinski definition) is 3. The lowest BCUT2D eigenvalue weighted by molar-refractivity contribution is 0.134. The van der Waals surface area contributed by atoms with E-state index in [-0.39, 0.29) is 0 Å². The van der Waals surface area contributed by atoms with E-state index < -0.39 is 0 Å². The van der Waals surface area contributed by atoms with Crippen LogP contribution in [0.5, 0.6) is 0 Å². The average molecular weight is 272 g/mol. The molecule has 2 saturated carbocycles. The van der Waals surface area contributed by atoms with Crippen molar-refractivity contribution in [2.45, 2.75) is 51.4 Å². The van der Waals surface area contributed by atoms with Crippen molar-refractivity contribution in [3.8, 4) is 0 Å². The predicted molar refractivity (Wildman–Crippen MR) is 78.6 cm³/mol. The molecule has 1 aliphatic heterocycles. The van der Waals surface area contributed by atoms with Gasteiger partial charge in [-0.15, -0.1) is 0 Å². The summed E-state index contributed by atoms with van der Waals surface area (Å²) in [5.74, 6) is 8.70. The molecule has 4 rings (SSSR count). The molecule has 1 heterocycles. The Labute approximate surface area is 120 Å². The van der Waals surface area contributed by atoms with Gasteiger partial charge in [0.15, 0.2) is 0 Å². The third-order valence-electron chi connectivity index (χ3n) is 5.77. The molecule has 2 fully saturated rings. The van der Waals surface area contributed by atoms with E-state index in [2.05, 4.69) is 23.6 Å².